The summed E-state index contributed by atoms with van der Waals surface area (Å²) in [5, 5.41) is 0. The minimum absolute atomic E-state index is 0.206. The van der Waals surface area contributed by atoms with Crippen LogP contribution in [0.15, 0.2) is 60.7 Å². The number of nitrogens with zero attached hydrogens (tertiary/aromatic N) is 1. The molecule has 0 unspecified atom stereocenters. The topological polar surface area (TPSA) is 3.24 Å². The predicted molar refractivity (Wildman–Crippen MR) is 71.2 cm³/mol. The number of benzene rings is 2. The van der Waals surface area contributed by atoms with Crippen LogP contribution in [0.25, 0.3) is 0 Å². The number of likely N-dealkylation sites (tertiary alicyclic amines) is 1. The summed E-state index contributed by atoms with van der Waals surface area (Å²) in [4.78, 5) is 2.38. The highest BCUT2D eigenvalue weighted by molar-refractivity contribution is 5.43. The maximum absolute atomic E-state index is 2.38. The van der Waals surface area contributed by atoms with Crippen LogP contribution in [0.1, 0.15) is 11.1 Å². The second-order valence-electron chi connectivity index (χ2n) is 4.99. The van der Waals surface area contributed by atoms with Gasteiger partial charge in [0.1, 0.15) is 0 Å². The lowest BCUT2D eigenvalue weighted by atomic mass is 9.69. The molecule has 1 aliphatic rings. The van der Waals surface area contributed by atoms with Crippen molar-refractivity contribution in [3.05, 3.63) is 71.8 Å². The lowest BCUT2D eigenvalue weighted by Gasteiger charge is -2.49. The molecule has 1 nitrogen and oxygen atoms in total. The van der Waals surface area contributed by atoms with Gasteiger partial charge in [-0.25, -0.2) is 0 Å². The number of hydrogen-bond acceptors (Lipinski definition) is 1. The molecular formula is C16H17N. The molecule has 0 atom stereocenters. The van der Waals surface area contributed by atoms with E-state index in [9.17, 15) is 0 Å². The molecule has 0 spiro atoms. The highest BCUT2D eigenvalue weighted by Crippen LogP contribution is 2.39. The molecule has 86 valence electrons. The van der Waals surface area contributed by atoms with Gasteiger partial charge in [-0.05, 0) is 18.2 Å². The lowest BCUT2D eigenvalue weighted by molar-refractivity contribution is 0.126. The first kappa shape index (κ1) is 10.5. The summed E-state index contributed by atoms with van der Waals surface area (Å²) in [5.74, 6) is 0. The van der Waals surface area contributed by atoms with Crippen molar-refractivity contribution in [2.24, 2.45) is 0 Å². The van der Waals surface area contributed by atoms with Crippen LogP contribution < -0.4 is 0 Å². The van der Waals surface area contributed by atoms with Gasteiger partial charge in [-0.1, -0.05) is 60.7 Å². The van der Waals surface area contributed by atoms with E-state index in [0.29, 0.717) is 0 Å². The fourth-order valence-electron chi connectivity index (χ4n) is 2.92. The molecule has 2 aromatic carbocycles. The minimum atomic E-state index is 0.206. The zero-order valence-electron chi connectivity index (χ0n) is 10.1. The van der Waals surface area contributed by atoms with Crippen LogP contribution in [0, 0.1) is 0 Å². The first-order valence-electron chi connectivity index (χ1n) is 6.11. The van der Waals surface area contributed by atoms with Crippen LogP contribution in [0.5, 0.6) is 0 Å². The molecule has 0 saturated carbocycles. The zero-order chi connectivity index (χ0) is 11.7. The van der Waals surface area contributed by atoms with Gasteiger partial charge >= 0.3 is 0 Å². The van der Waals surface area contributed by atoms with E-state index in [1.54, 1.807) is 0 Å². The van der Waals surface area contributed by atoms with Crippen molar-refractivity contribution in [2.45, 2.75) is 5.41 Å². The Bertz CT molecular complexity index is 442. The number of hydrogen-bond donors (Lipinski definition) is 0. The first-order chi connectivity index (χ1) is 8.31. The van der Waals surface area contributed by atoms with Gasteiger partial charge in [-0.3, -0.25) is 0 Å². The molecule has 0 aromatic heterocycles. The van der Waals surface area contributed by atoms with Crippen molar-refractivity contribution in [1.82, 2.24) is 4.90 Å². The first-order valence-corrected chi connectivity index (χ1v) is 6.11. The molecule has 1 heteroatoms. The maximum Gasteiger partial charge on any atom is 0.0456 e. The summed E-state index contributed by atoms with van der Waals surface area (Å²) in [6.07, 6.45) is 0. The second kappa shape index (κ2) is 4.01. The van der Waals surface area contributed by atoms with Gasteiger partial charge in [0.05, 0.1) is 0 Å². The van der Waals surface area contributed by atoms with Gasteiger partial charge in [-0.2, -0.15) is 0 Å². The van der Waals surface area contributed by atoms with Crippen LogP contribution in [-0.4, -0.2) is 25.0 Å². The Balaban J connectivity index is 2.07. The Morgan fingerprint density at radius 3 is 1.53 bits per heavy atom. The van der Waals surface area contributed by atoms with Gasteiger partial charge in [0.25, 0.3) is 0 Å². The molecule has 0 amide bonds. The molecule has 1 fully saturated rings. The van der Waals surface area contributed by atoms with Gasteiger partial charge in [0.15, 0.2) is 0 Å². The fraction of sp³-hybridized carbons (Fsp3) is 0.250. The smallest absolute Gasteiger partial charge is 0.0456 e. The third-order valence-corrected chi connectivity index (χ3v) is 3.73. The number of rotatable bonds is 2. The Labute approximate surface area is 103 Å². The Hall–Kier alpha value is -1.60. The van der Waals surface area contributed by atoms with E-state index in [4.69, 9.17) is 0 Å². The average molecular weight is 223 g/mol. The molecule has 17 heavy (non-hydrogen) atoms. The fourth-order valence-corrected chi connectivity index (χ4v) is 2.92. The summed E-state index contributed by atoms with van der Waals surface area (Å²) >= 11 is 0. The van der Waals surface area contributed by atoms with E-state index >= 15 is 0 Å². The molecule has 0 aliphatic carbocycles. The van der Waals surface area contributed by atoms with Crippen molar-refractivity contribution in [3.8, 4) is 0 Å². The molecular weight excluding hydrogens is 206 g/mol. The predicted octanol–water partition coefficient (Wildman–Crippen LogP) is 2.92. The Morgan fingerprint density at radius 1 is 0.765 bits per heavy atom. The highest BCUT2D eigenvalue weighted by Gasteiger charge is 2.43. The molecule has 1 saturated heterocycles. The van der Waals surface area contributed by atoms with E-state index in [1.165, 1.54) is 11.1 Å². The molecule has 1 heterocycles. The van der Waals surface area contributed by atoms with E-state index in [1.807, 2.05) is 0 Å². The molecule has 0 bridgehead atoms. The summed E-state index contributed by atoms with van der Waals surface area (Å²) in [5.41, 5.74) is 3.07. The lowest BCUT2D eigenvalue weighted by Crippen LogP contribution is -2.58. The minimum Gasteiger partial charge on any atom is -0.304 e. The van der Waals surface area contributed by atoms with E-state index in [0.717, 1.165) is 13.1 Å². The Morgan fingerprint density at radius 2 is 1.18 bits per heavy atom. The molecule has 1 aliphatic heterocycles. The molecule has 0 N–H and O–H groups in total. The van der Waals surface area contributed by atoms with Crippen molar-refractivity contribution >= 4 is 0 Å². The number of likely N-dealkylation sites (N-methyl/N-ethyl adjacent to an activating group) is 1. The third-order valence-electron chi connectivity index (χ3n) is 3.73. The van der Waals surface area contributed by atoms with Crippen LogP contribution in [-0.2, 0) is 5.41 Å². The maximum atomic E-state index is 2.38. The molecule has 2 aromatic rings. The van der Waals surface area contributed by atoms with E-state index < -0.39 is 0 Å². The zero-order valence-corrected chi connectivity index (χ0v) is 10.1. The Kier molecular flexibility index (Phi) is 2.49. The van der Waals surface area contributed by atoms with Gasteiger partial charge < -0.3 is 4.90 Å². The van der Waals surface area contributed by atoms with Crippen molar-refractivity contribution in [2.75, 3.05) is 20.1 Å². The van der Waals surface area contributed by atoms with E-state index in [2.05, 4.69) is 72.6 Å². The van der Waals surface area contributed by atoms with Crippen molar-refractivity contribution < 1.29 is 0 Å². The summed E-state index contributed by atoms with van der Waals surface area (Å²) in [6.45, 7) is 2.22. The monoisotopic (exact) mass is 223 g/mol. The SMILES string of the molecule is CN1CC(c2ccccc2)(c2ccccc2)C1. The standard InChI is InChI=1S/C16H17N/c1-17-12-16(13-17,14-8-4-2-5-9-14)15-10-6-3-7-11-15/h2-11H,12-13H2,1H3. The summed E-state index contributed by atoms with van der Waals surface area (Å²) in [7, 11) is 2.18. The van der Waals surface area contributed by atoms with Crippen molar-refractivity contribution in [1.29, 1.82) is 0 Å². The van der Waals surface area contributed by atoms with Crippen molar-refractivity contribution in [3.63, 3.8) is 0 Å². The van der Waals surface area contributed by atoms with Gasteiger partial charge in [0, 0.05) is 18.5 Å². The largest absolute Gasteiger partial charge is 0.304 e. The van der Waals surface area contributed by atoms with Crippen LogP contribution in [0.4, 0.5) is 0 Å². The van der Waals surface area contributed by atoms with Crippen LogP contribution >= 0.6 is 0 Å². The third kappa shape index (κ3) is 1.67. The molecule has 3 rings (SSSR count). The summed E-state index contributed by atoms with van der Waals surface area (Å²) < 4.78 is 0. The quantitative estimate of drug-likeness (QED) is 0.756. The van der Waals surface area contributed by atoms with Gasteiger partial charge in [0.2, 0.25) is 0 Å². The van der Waals surface area contributed by atoms with Crippen LogP contribution in [0.3, 0.4) is 0 Å². The normalized spacial score (nSPS) is 18.6. The second-order valence-corrected chi connectivity index (χ2v) is 4.99. The summed E-state index contributed by atoms with van der Waals surface area (Å²) in [6, 6.07) is 21.7. The molecule has 0 radical (unpaired) electrons. The average Bonchev–Trinajstić information content (AvgIpc) is 2.37. The highest BCUT2D eigenvalue weighted by atomic mass is 15.2. The van der Waals surface area contributed by atoms with E-state index in [-0.39, 0.29) is 5.41 Å². The van der Waals surface area contributed by atoms with Gasteiger partial charge in [-0.15, -0.1) is 0 Å². The van der Waals surface area contributed by atoms with Crippen LogP contribution in [0.2, 0.25) is 0 Å².